The van der Waals surface area contributed by atoms with Crippen LogP contribution in [-0.2, 0) is 4.79 Å². The summed E-state index contributed by atoms with van der Waals surface area (Å²) >= 11 is 1.73. The largest absolute Gasteiger partial charge is 0.337 e. The number of hydrogen-bond acceptors (Lipinski definition) is 3. The number of nitrogens with zero attached hydrogens (tertiary/aromatic N) is 1. The molecule has 0 aromatic carbocycles. The monoisotopic (exact) mass is 254 g/mol. The molecule has 0 aliphatic carbocycles. The lowest BCUT2D eigenvalue weighted by molar-refractivity contribution is -0.134. The normalized spacial score (nSPS) is 14.8. The molecule has 1 rings (SSSR count). The molecule has 0 saturated heterocycles. The van der Waals surface area contributed by atoms with Gasteiger partial charge in [0.15, 0.2) is 0 Å². The van der Waals surface area contributed by atoms with Crippen LogP contribution >= 0.6 is 11.3 Å². The molecule has 2 N–H and O–H groups in total. The van der Waals surface area contributed by atoms with Gasteiger partial charge in [0.25, 0.3) is 0 Å². The van der Waals surface area contributed by atoms with Crippen molar-refractivity contribution in [3.63, 3.8) is 0 Å². The Bertz CT molecular complexity index is 387. The summed E-state index contributed by atoms with van der Waals surface area (Å²) in [6, 6.07) is 3.83. The van der Waals surface area contributed by atoms with E-state index >= 15 is 0 Å². The van der Waals surface area contributed by atoms with E-state index in [1.807, 2.05) is 27.8 Å². The van der Waals surface area contributed by atoms with Crippen molar-refractivity contribution >= 4 is 17.2 Å². The fraction of sp³-hybridized carbons (Fsp3) is 0.615. The minimum Gasteiger partial charge on any atom is -0.337 e. The molecular weight excluding hydrogens is 232 g/mol. The molecule has 0 aliphatic heterocycles. The van der Waals surface area contributed by atoms with E-state index in [1.54, 1.807) is 16.2 Å². The van der Waals surface area contributed by atoms with Crippen molar-refractivity contribution in [1.29, 1.82) is 0 Å². The summed E-state index contributed by atoms with van der Waals surface area (Å²) in [5.74, 6) is 0.181. The van der Waals surface area contributed by atoms with Crippen molar-refractivity contribution in [2.75, 3.05) is 7.05 Å². The third-order valence-corrected chi connectivity index (χ3v) is 4.28. The van der Waals surface area contributed by atoms with Gasteiger partial charge >= 0.3 is 0 Å². The first-order valence-corrected chi connectivity index (χ1v) is 6.74. The van der Waals surface area contributed by atoms with E-state index in [1.165, 1.54) is 9.75 Å². The summed E-state index contributed by atoms with van der Waals surface area (Å²) in [6.07, 6.45) is 0. The molecule has 0 spiro atoms. The van der Waals surface area contributed by atoms with Gasteiger partial charge in [-0.05, 0) is 31.9 Å². The average Bonchev–Trinajstić information content (AvgIpc) is 2.71. The second-order valence-electron chi connectivity index (χ2n) is 4.84. The molecule has 0 aliphatic rings. The summed E-state index contributed by atoms with van der Waals surface area (Å²) in [6.45, 7) is 8.05. The number of amides is 1. The Morgan fingerprint density at radius 1 is 1.35 bits per heavy atom. The lowest BCUT2D eigenvalue weighted by Crippen LogP contribution is -2.45. The van der Waals surface area contributed by atoms with Gasteiger partial charge in [0.05, 0.1) is 12.1 Å². The number of carbonyl (C=O) groups excluding carboxylic acids is 1. The molecule has 1 aromatic rings. The van der Waals surface area contributed by atoms with E-state index in [2.05, 4.69) is 19.1 Å². The van der Waals surface area contributed by atoms with Gasteiger partial charge in [-0.2, -0.15) is 0 Å². The van der Waals surface area contributed by atoms with Gasteiger partial charge in [0, 0.05) is 16.8 Å². The molecule has 2 unspecified atom stereocenters. The van der Waals surface area contributed by atoms with Crippen LogP contribution in [0.5, 0.6) is 0 Å². The maximum Gasteiger partial charge on any atom is 0.240 e. The SMILES string of the molecule is Cc1ccc(C(C)N(C)C(=O)C(N)C(C)C)s1. The van der Waals surface area contributed by atoms with Gasteiger partial charge in [-0.15, -0.1) is 11.3 Å². The third-order valence-electron chi connectivity index (χ3n) is 3.10. The number of likely N-dealkylation sites (N-methyl/N-ethyl adjacent to an activating group) is 1. The maximum atomic E-state index is 12.1. The zero-order valence-corrected chi connectivity index (χ0v) is 12.0. The lowest BCUT2D eigenvalue weighted by atomic mass is 10.0. The van der Waals surface area contributed by atoms with E-state index in [4.69, 9.17) is 5.73 Å². The van der Waals surface area contributed by atoms with Crippen LogP contribution < -0.4 is 5.73 Å². The maximum absolute atomic E-state index is 12.1. The Labute approximate surface area is 108 Å². The van der Waals surface area contributed by atoms with Crippen LogP contribution in [0, 0.1) is 12.8 Å². The van der Waals surface area contributed by atoms with Crippen molar-refractivity contribution in [3.8, 4) is 0 Å². The highest BCUT2D eigenvalue weighted by molar-refractivity contribution is 7.12. The summed E-state index contributed by atoms with van der Waals surface area (Å²) in [7, 11) is 1.82. The van der Waals surface area contributed by atoms with Crippen LogP contribution in [-0.4, -0.2) is 23.9 Å². The van der Waals surface area contributed by atoms with Crippen LogP contribution in [0.15, 0.2) is 12.1 Å². The van der Waals surface area contributed by atoms with Gasteiger partial charge in [-0.25, -0.2) is 0 Å². The van der Waals surface area contributed by atoms with Crippen LogP contribution in [0.2, 0.25) is 0 Å². The molecule has 0 bridgehead atoms. The molecule has 17 heavy (non-hydrogen) atoms. The zero-order valence-electron chi connectivity index (χ0n) is 11.2. The predicted octanol–water partition coefficient (Wildman–Crippen LogP) is 2.56. The van der Waals surface area contributed by atoms with E-state index < -0.39 is 6.04 Å². The van der Waals surface area contributed by atoms with Gasteiger partial charge in [-0.1, -0.05) is 13.8 Å². The van der Waals surface area contributed by atoms with Gasteiger partial charge in [-0.3, -0.25) is 4.79 Å². The van der Waals surface area contributed by atoms with Crippen molar-refractivity contribution in [1.82, 2.24) is 4.90 Å². The van der Waals surface area contributed by atoms with Crippen molar-refractivity contribution in [2.24, 2.45) is 11.7 Å². The number of carbonyl (C=O) groups is 1. The third kappa shape index (κ3) is 3.30. The van der Waals surface area contributed by atoms with Crippen LogP contribution in [0.25, 0.3) is 0 Å². The minimum absolute atomic E-state index is 0.0125. The standard InChI is InChI=1S/C13H22N2OS/c1-8(2)12(14)13(16)15(5)10(4)11-7-6-9(3)17-11/h6-8,10,12H,14H2,1-5H3. The number of rotatable bonds is 4. The molecule has 1 heterocycles. The second kappa shape index (κ2) is 5.65. The summed E-state index contributed by atoms with van der Waals surface area (Å²) < 4.78 is 0. The quantitative estimate of drug-likeness (QED) is 0.897. The summed E-state index contributed by atoms with van der Waals surface area (Å²) in [5, 5.41) is 0. The lowest BCUT2D eigenvalue weighted by Gasteiger charge is -2.28. The predicted molar refractivity (Wildman–Crippen MR) is 73.1 cm³/mol. The summed E-state index contributed by atoms with van der Waals surface area (Å²) in [5.41, 5.74) is 5.89. The molecule has 0 fully saturated rings. The molecular formula is C13H22N2OS. The Morgan fingerprint density at radius 2 is 1.94 bits per heavy atom. The van der Waals surface area contributed by atoms with E-state index in [9.17, 15) is 4.79 Å². The van der Waals surface area contributed by atoms with Crippen LogP contribution in [0.4, 0.5) is 0 Å². The molecule has 4 heteroatoms. The first-order chi connectivity index (χ1) is 7.84. The Kier molecular flexibility index (Phi) is 4.71. The smallest absolute Gasteiger partial charge is 0.240 e. The summed E-state index contributed by atoms with van der Waals surface area (Å²) in [4.78, 5) is 16.3. The molecule has 3 nitrogen and oxygen atoms in total. The first kappa shape index (κ1) is 14.2. The fourth-order valence-electron chi connectivity index (χ4n) is 1.58. The van der Waals surface area contributed by atoms with Gasteiger partial charge < -0.3 is 10.6 Å². The molecule has 1 aromatic heterocycles. The van der Waals surface area contributed by atoms with Crippen molar-refractivity contribution in [3.05, 3.63) is 21.9 Å². The Hall–Kier alpha value is -0.870. The van der Waals surface area contributed by atoms with E-state index in [0.29, 0.717) is 0 Å². The molecule has 96 valence electrons. The van der Waals surface area contributed by atoms with E-state index in [0.717, 1.165) is 0 Å². The molecule has 0 radical (unpaired) electrons. The second-order valence-corrected chi connectivity index (χ2v) is 6.16. The van der Waals surface area contributed by atoms with Gasteiger partial charge in [0.1, 0.15) is 0 Å². The van der Waals surface area contributed by atoms with Crippen molar-refractivity contribution in [2.45, 2.75) is 39.8 Å². The Morgan fingerprint density at radius 3 is 2.35 bits per heavy atom. The number of nitrogens with two attached hydrogens (primary N) is 1. The Balaban J connectivity index is 2.76. The van der Waals surface area contributed by atoms with Crippen LogP contribution in [0.3, 0.4) is 0 Å². The average molecular weight is 254 g/mol. The van der Waals surface area contributed by atoms with E-state index in [-0.39, 0.29) is 17.9 Å². The molecule has 0 saturated carbocycles. The number of hydrogen-bond donors (Lipinski definition) is 1. The van der Waals surface area contributed by atoms with Crippen LogP contribution in [0.1, 0.15) is 36.6 Å². The molecule has 1 amide bonds. The molecule has 2 atom stereocenters. The highest BCUT2D eigenvalue weighted by Gasteiger charge is 2.25. The topological polar surface area (TPSA) is 46.3 Å². The highest BCUT2D eigenvalue weighted by Crippen LogP contribution is 2.26. The fourth-order valence-corrected chi connectivity index (χ4v) is 2.55. The van der Waals surface area contributed by atoms with Crippen molar-refractivity contribution < 1.29 is 4.79 Å². The number of thiophene rings is 1. The number of aryl methyl sites for hydroxylation is 1. The first-order valence-electron chi connectivity index (χ1n) is 5.93. The zero-order chi connectivity index (χ0) is 13.2. The minimum atomic E-state index is -0.413. The highest BCUT2D eigenvalue weighted by atomic mass is 32.1. The van der Waals surface area contributed by atoms with Gasteiger partial charge in [0.2, 0.25) is 5.91 Å².